The molecule has 0 bridgehead atoms. The molecule has 3 rings (SSSR count). The molecule has 0 saturated heterocycles. The van der Waals surface area contributed by atoms with Crippen LogP contribution >= 0.6 is 0 Å². The molecule has 0 aromatic heterocycles. The third-order valence-electron chi connectivity index (χ3n) is 4.01. The lowest BCUT2D eigenvalue weighted by atomic mass is 10.2. The first kappa shape index (κ1) is 21.3. The summed E-state index contributed by atoms with van der Waals surface area (Å²) in [5.74, 6) is 0. The van der Waals surface area contributed by atoms with Crippen LogP contribution in [0.2, 0.25) is 0 Å². The smallest absolute Gasteiger partial charge is 0.306 e. The van der Waals surface area contributed by atoms with E-state index in [1.54, 1.807) is 30.3 Å². The van der Waals surface area contributed by atoms with Crippen LogP contribution in [0.15, 0.2) is 88.7 Å². The van der Waals surface area contributed by atoms with Gasteiger partial charge in [-0.25, -0.2) is 26.4 Å². The van der Waals surface area contributed by atoms with E-state index in [4.69, 9.17) is 0 Å². The molecule has 3 aromatic carbocycles. The number of nitrogens with one attached hydrogen (secondary N) is 3. The molecule has 0 aliphatic rings. The van der Waals surface area contributed by atoms with Gasteiger partial charge in [-0.2, -0.15) is 0 Å². The van der Waals surface area contributed by atoms with E-state index < -0.39 is 26.1 Å². The van der Waals surface area contributed by atoms with Gasteiger partial charge in [-0.15, -0.1) is 0 Å². The molecule has 0 saturated carbocycles. The number of amides is 2. The molecular formula is C20H19N3O5S2. The Hall–Kier alpha value is -3.37. The summed E-state index contributed by atoms with van der Waals surface area (Å²) in [6.07, 6.45) is 0. The molecule has 0 heterocycles. The first-order valence-corrected chi connectivity index (χ1v) is 11.7. The highest BCUT2D eigenvalue weighted by Crippen LogP contribution is 2.24. The highest BCUT2D eigenvalue weighted by atomic mass is 32.2. The van der Waals surface area contributed by atoms with Crippen molar-refractivity contribution in [3.8, 4) is 0 Å². The van der Waals surface area contributed by atoms with Crippen LogP contribution in [0.4, 0.5) is 16.2 Å². The first-order chi connectivity index (χ1) is 14.2. The molecule has 0 fully saturated rings. The van der Waals surface area contributed by atoms with Gasteiger partial charge in [0.1, 0.15) is 4.90 Å². The Morgan fingerprint density at radius 3 is 2.00 bits per heavy atom. The minimum Gasteiger partial charge on any atom is -0.306 e. The number of carbonyl (C=O) groups excluding carboxylic acids is 1. The number of anilines is 2. The average Bonchev–Trinajstić information content (AvgIpc) is 2.70. The largest absolute Gasteiger partial charge is 0.333 e. The summed E-state index contributed by atoms with van der Waals surface area (Å²) >= 11 is 0. The maximum absolute atomic E-state index is 12.8. The third kappa shape index (κ3) is 5.16. The summed E-state index contributed by atoms with van der Waals surface area (Å²) in [4.78, 5) is 12.0. The van der Waals surface area contributed by atoms with Gasteiger partial charge in [0.25, 0.3) is 20.0 Å². The van der Waals surface area contributed by atoms with E-state index in [0.29, 0.717) is 5.69 Å². The van der Waals surface area contributed by atoms with Crippen molar-refractivity contribution in [2.24, 2.45) is 0 Å². The van der Waals surface area contributed by atoms with E-state index in [2.05, 4.69) is 10.0 Å². The van der Waals surface area contributed by atoms with Gasteiger partial charge in [0.15, 0.2) is 0 Å². The highest BCUT2D eigenvalue weighted by molar-refractivity contribution is 7.93. The fraction of sp³-hybridized carbons (Fsp3) is 0.0500. The second kappa shape index (κ2) is 8.56. The molecular weight excluding hydrogens is 426 g/mol. The zero-order valence-electron chi connectivity index (χ0n) is 15.9. The molecule has 0 unspecified atom stereocenters. The normalized spacial score (nSPS) is 11.5. The number of carbonyl (C=O) groups is 1. The predicted molar refractivity (Wildman–Crippen MR) is 114 cm³/mol. The number of rotatable bonds is 6. The Bertz CT molecular complexity index is 1260. The number of urea groups is 1. The lowest BCUT2D eigenvalue weighted by molar-refractivity contribution is 0.256. The van der Waals surface area contributed by atoms with Crippen LogP contribution in [-0.4, -0.2) is 22.9 Å². The van der Waals surface area contributed by atoms with Gasteiger partial charge < -0.3 is 5.32 Å². The molecule has 0 spiro atoms. The van der Waals surface area contributed by atoms with Gasteiger partial charge in [0, 0.05) is 5.69 Å². The van der Waals surface area contributed by atoms with E-state index in [1.807, 2.05) is 11.6 Å². The predicted octanol–water partition coefficient (Wildman–Crippen LogP) is 3.31. The van der Waals surface area contributed by atoms with Crippen LogP contribution in [0.5, 0.6) is 0 Å². The molecule has 3 N–H and O–H groups in total. The topological polar surface area (TPSA) is 121 Å². The van der Waals surface area contributed by atoms with Gasteiger partial charge >= 0.3 is 6.03 Å². The highest BCUT2D eigenvalue weighted by Gasteiger charge is 2.22. The van der Waals surface area contributed by atoms with E-state index in [-0.39, 0.29) is 15.5 Å². The number of benzene rings is 3. The number of sulfonamides is 2. The van der Waals surface area contributed by atoms with Crippen molar-refractivity contribution >= 4 is 37.5 Å². The lowest BCUT2D eigenvalue weighted by Gasteiger charge is -2.14. The van der Waals surface area contributed by atoms with Crippen molar-refractivity contribution in [2.75, 3.05) is 10.0 Å². The van der Waals surface area contributed by atoms with E-state index in [1.165, 1.54) is 48.5 Å². The van der Waals surface area contributed by atoms with Gasteiger partial charge in [-0.1, -0.05) is 48.0 Å². The maximum Gasteiger partial charge on any atom is 0.333 e. The number of aryl methyl sites for hydroxylation is 1. The Labute approximate surface area is 175 Å². The molecule has 0 aliphatic carbocycles. The van der Waals surface area contributed by atoms with Crippen molar-refractivity contribution < 1.29 is 21.6 Å². The summed E-state index contributed by atoms with van der Waals surface area (Å²) in [5.41, 5.74) is 1.25. The molecule has 0 radical (unpaired) electrons. The van der Waals surface area contributed by atoms with E-state index >= 15 is 0 Å². The molecule has 2 amide bonds. The molecule has 8 nitrogen and oxygen atoms in total. The Kier molecular flexibility index (Phi) is 6.09. The molecule has 30 heavy (non-hydrogen) atoms. The zero-order chi connectivity index (χ0) is 21.8. The van der Waals surface area contributed by atoms with Crippen molar-refractivity contribution in [1.82, 2.24) is 4.72 Å². The monoisotopic (exact) mass is 445 g/mol. The van der Waals surface area contributed by atoms with Crippen molar-refractivity contribution in [1.29, 1.82) is 0 Å². The second-order valence-electron chi connectivity index (χ2n) is 6.34. The summed E-state index contributed by atoms with van der Waals surface area (Å²) in [5, 5.41) is 2.29. The third-order valence-corrected chi connectivity index (χ3v) is 6.80. The standard InChI is InChI=1S/C20H19N3O5S2/c1-15-11-13-16(14-12-15)22-30(27,28)19-10-6-5-9-18(19)21-20(24)23-29(25,26)17-7-3-2-4-8-17/h2-14,22H,1H3,(H2,21,23,24). The van der Waals surface area contributed by atoms with Gasteiger partial charge in [0.05, 0.1) is 10.6 Å². The quantitative estimate of drug-likeness (QED) is 0.537. The summed E-state index contributed by atoms with van der Waals surface area (Å²) in [6, 6.07) is 18.7. The van der Waals surface area contributed by atoms with Crippen LogP contribution in [0.1, 0.15) is 5.56 Å². The van der Waals surface area contributed by atoms with Crippen molar-refractivity contribution in [3.63, 3.8) is 0 Å². The lowest BCUT2D eigenvalue weighted by Crippen LogP contribution is -2.34. The van der Waals surface area contributed by atoms with Crippen LogP contribution in [0, 0.1) is 6.92 Å². The number of hydrogen-bond acceptors (Lipinski definition) is 5. The Morgan fingerprint density at radius 1 is 0.733 bits per heavy atom. The zero-order valence-corrected chi connectivity index (χ0v) is 17.5. The van der Waals surface area contributed by atoms with E-state index in [9.17, 15) is 21.6 Å². The number of hydrogen-bond donors (Lipinski definition) is 3. The summed E-state index contributed by atoms with van der Waals surface area (Å²) in [6.45, 7) is 1.87. The molecule has 10 heteroatoms. The van der Waals surface area contributed by atoms with Crippen LogP contribution in [0.3, 0.4) is 0 Å². The SMILES string of the molecule is Cc1ccc(NS(=O)(=O)c2ccccc2NC(=O)NS(=O)(=O)c2ccccc2)cc1. The first-order valence-electron chi connectivity index (χ1n) is 8.75. The van der Waals surface area contributed by atoms with Gasteiger partial charge in [-0.05, 0) is 43.3 Å². The number of para-hydroxylation sites is 1. The fourth-order valence-electron chi connectivity index (χ4n) is 2.56. The fourth-order valence-corrected chi connectivity index (χ4v) is 4.72. The Morgan fingerprint density at radius 2 is 1.33 bits per heavy atom. The van der Waals surface area contributed by atoms with Crippen LogP contribution in [-0.2, 0) is 20.0 Å². The van der Waals surface area contributed by atoms with Crippen molar-refractivity contribution in [2.45, 2.75) is 16.7 Å². The molecule has 0 aliphatic heterocycles. The van der Waals surface area contributed by atoms with E-state index in [0.717, 1.165) is 5.56 Å². The van der Waals surface area contributed by atoms with Crippen molar-refractivity contribution in [3.05, 3.63) is 84.4 Å². The molecule has 0 atom stereocenters. The van der Waals surface area contributed by atoms with Crippen LogP contribution < -0.4 is 14.8 Å². The molecule has 156 valence electrons. The minimum absolute atomic E-state index is 0.0714. The summed E-state index contributed by atoms with van der Waals surface area (Å²) in [7, 11) is -8.15. The Balaban J connectivity index is 1.81. The molecule has 3 aromatic rings. The second-order valence-corrected chi connectivity index (χ2v) is 9.67. The minimum atomic E-state index is -4.11. The maximum atomic E-state index is 12.8. The van der Waals surface area contributed by atoms with Gasteiger partial charge in [0.2, 0.25) is 0 Å². The summed E-state index contributed by atoms with van der Waals surface area (Å²) < 4.78 is 54.4. The van der Waals surface area contributed by atoms with Gasteiger partial charge in [-0.3, -0.25) is 4.72 Å². The van der Waals surface area contributed by atoms with Crippen LogP contribution in [0.25, 0.3) is 0 Å². The average molecular weight is 446 g/mol.